The number of nitrogens with one attached hydrogen (secondary N) is 2. The number of aryl methyl sites for hydroxylation is 1. The van der Waals surface area contributed by atoms with Gasteiger partial charge in [0.1, 0.15) is 10.9 Å². The number of carbonyl (C=O) groups is 2. The molecule has 0 spiro atoms. The number of hydrogen-bond acceptors (Lipinski definition) is 8. The largest absolute Gasteiger partial charge is 0.494 e. The maximum absolute atomic E-state index is 12.9. The van der Waals surface area contributed by atoms with Crippen LogP contribution in [0.5, 0.6) is 5.75 Å². The number of halogens is 1. The van der Waals surface area contributed by atoms with Gasteiger partial charge in [0, 0.05) is 29.6 Å². The molecule has 0 aliphatic carbocycles. The lowest BCUT2D eigenvalue weighted by Crippen LogP contribution is -2.22. The first-order valence-electron chi connectivity index (χ1n) is 8.52. The second-order valence-electron chi connectivity index (χ2n) is 5.80. The Hall–Kier alpha value is -3.11. The van der Waals surface area contributed by atoms with Crippen molar-refractivity contribution < 1.29 is 14.3 Å². The van der Waals surface area contributed by atoms with Gasteiger partial charge in [-0.25, -0.2) is 4.98 Å². The van der Waals surface area contributed by atoms with Crippen LogP contribution in [0, 0.1) is 6.92 Å². The third-order valence-electron chi connectivity index (χ3n) is 3.81. The Morgan fingerprint density at radius 2 is 1.93 bits per heavy atom. The molecule has 0 aromatic carbocycles. The average molecular weight is 433 g/mol. The molecule has 3 aromatic heterocycles. The fraction of sp³-hybridized carbons (Fsp3) is 0.222. The molecule has 9 nitrogen and oxygen atoms in total. The molecule has 0 atom stereocenters. The summed E-state index contributed by atoms with van der Waals surface area (Å²) in [4.78, 5) is 33.0. The number of nitrogens with zero attached hydrogens (tertiary/aromatic N) is 4. The molecular weight excluding hydrogens is 416 g/mol. The van der Waals surface area contributed by atoms with Crippen molar-refractivity contribution in [1.82, 2.24) is 25.5 Å². The summed E-state index contributed by atoms with van der Waals surface area (Å²) in [7, 11) is 1.51. The molecule has 0 unspecified atom stereocenters. The molecule has 0 aliphatic rings. The van der Waals surface area contributed by atoms with E-state index < -0.39 is 5.91 Å². The maximum Gasteiger partial charge on any atom is 0.282 e. The van der Waals surface area contributed by atoms with Crippen LogP contribution in [0.15, 0.2) is 24.5 Å². The van der Waals surface area contributed by atoms with E-state index in [1.807, 2.05) is 6.92 Å². The van der Waals surface area contributed by atoms with Crippen molar-refractivity contribution in [3.8, 4) is 16.9 Å². The van der Waals surface area contributed by atoms with Crippen molar-refractivity contribution >= 4 is 39.9 Å². The number of amides is 2. The highest BCUT2D eigenvalue weighted by Crippen LogP contribution is 2.34. The number of methoxy groups -OCH3 is 1. The van der Waals surface area contributed by atoms with E-state index in [1.165, 1.54) is 19.5 Å². The van der Waals surface area contributed by atoms with Crippen LogP contribution in [0.25, 0.3) is 11.1 Å². The number of anilines is 1. The van der Waals surface area contributed by atoms with Gasteiger partial charge in [0.25, 0.3) is 11.8 Å². The molecule has 0 radical (unpaired) electrons. The lowest BCUT2D eigenvalue weighted by atomic mass is 10.0. The van der Waals surface area contributed by atoms with Crippen LogP contribution < -0.4 is 15.4 Å². The predicted molar refractivity (Wildman–Crippen MR) is 110 cm³/mol. The van der Waals surface area contributed by atoms with E-state index in [2.05, 4.69) is 30.8 Å². The Morgan fingerprint density at radius 1 is 1.14 bits per heavy atom. The van der Waals surface area contributed by atoms with E-state index in [-0.39, 0.29) is 26.8 Å². The van der Waals surface area contributed by atoms with Crippen LogP contribution in [-0.2, 0) is 0 Å². The average Bonchev–Trinajstić information content (AvgIpc) is 3.16. The van der Waals surface area contributed by atoms with Gasteiger partial charge in [-0.3, -0.25) is 19.9 Å². The molecule has 150 valence electrons. The van der Waals surface area contributed by atoms with E-state index in [0.717, 1.165) is 11.3 Å². The van der Waals surface area contributed by atoms with E-state index in [9.17, 15) is 9.59 Å². The molecule has 0 fully saturated rings. The lowest BCUT2D eigenvalue weighted by Gasteiger charge is -2.13. The summed E-state index contributed by atoms with van der Waals surface area (Å²) < 4.78 is 5.36. The minimum absolute atomic E-state index is 0.159. The molecule has 0 saturated heterocycles. The minimum Gasteiger partial charge on any atom is -0.494 e. The Morgan fingerprint density at radius 3 is 2.66 bits per heavy atom. The monoisotopic (exact) mass is 432 g/mol. The fourth-order valence-corrected chi connectivity index (χ4v) is 3.33. The van der Waals surface area contributed by atoms with Crippen molar-refractivity contribution in [1.29, 1.82) is 0 Å². The Labute approximate surface area is 175 Å². The van der Waals surface area contributed by atoms with Crippen LogP contribution in [0.2, 0.25) is 5.15 Å². The smallest absolute Gasteiger partial charge is 0.282 e. The number of rotatable bonds is 6. The molecule has 3 rings (SSSR count). The van der Waals surface area contributed by atoms with Gasteiger partial charge in [-0.05, 0) is 26.0 Å². The van der Waals surface area contributed by atoms with Crippen molar-refractivity contribution in [2.24, 2.45) is 0 Å². The topological polar surface area (TPSA) is 119 Å². The third-order valence-corrected chi connectivity index (χ3v) is 4.85. The Bertz CT molecular complexity index is 1070. The summed E-state index contributed by atoms with van der Waals surface area (Å²) in [6.45, 7) is 4.08. The van der Waals surface area contributed by atoms with Gasteiger partial charge < -0.3 is 10.1 Å². The fourth-order valence-electron chi connectivity index (χ4n) is 2.52. The second-order valence-corrected chi connectivity index (χ2v) is 7.17. The molecule has 29 heavy (non-hydrogen) atoms. The summed E-state index contributed by atoms with van der Waals surface area (Å²) in [5.74, 6) is -0.344. The first-order chi connectivity index (χ1) is 13.9. The first-order valence-corrected chi connectivity index (χ1v) is 9.72. The molecule has 2 N–H and O–H groups in total. The zero-order valence-corrected chi connectivity index (χ0v) is 17.4. The lowest BCUT2D eigenvalue weighted by molar-refractivity contribution is 0.0954. The van der Waals surface area contributed by atoms with Crippen molar-refractivity contribution in [2.75, 3.05) is 19.0 Å². The summed E-state index contributed by atoms with van der Waals surface area (Å²) in [5, 5.41) is 13.5. The van der Waals surface area contributed by atoms with E-state index in [1.54, 1.807) is 19.1 Å². The first kappa shape index (κ1) is 20.6. The van der Waals surface area contributed by atoms with E-state index in [0.29, 0.717) is 29.1 Å². The van der Waals surface area contributed by atoms with Gasteiger partial charge >= 0.3 is 0 Å². The van der Waals surface area contributed by atoms with E-state index in [4.69, 9.17) is 16.3 Å². The number of aromatic nitrogens is 4. The number of carbonyl (C=O) groups excluding carboxylic acids is 2. The highest BCUT2D eigenvalue weighted by molar-refractivity contribution is 7.17. The van der Waals surface area contributed by atoms with Gasteiger partial charge in [0.2, 0.25) is 10.1 Å². The second kappa shape index (κ2) is 8.93. The summed E-state index contributed by atoms with van der Waals surface area (Å²) >= 11 is 7.02. The molecule has 0 bridgehead atoms. The standard InChI is InChI=1S/C18H17ClN6O3S/c1-4-20-16(27)17-24-25-18(29-17)23-15(26)12-7-21-9(2)5-10(12)11-6-14(19)22-8-13(11)28-3/h5-8H,4H2,1-3H3,(H,20,27)(H,23,25,26). The molecule has 0 aliphatic heterocycles. The predicted octanol–water partition coefficient (Wildman–Crippen LogP) is 2.97. The molecule has 2 amide bonds. The minimum atomic E-state index is -0.457. The van der Waals surface area contributed by atoms with Gasteiger partial charge in [0.05, 0.1) is 18.9 Å². The Balaban J connectivity index is 1.95. The third kappa shape index (κ3) is 4.66. The van der Waals surface area contributed by atoms with Crippen molar-refractivity contribution in [3.05, 3.63) is 45.9 Å². The Kier molecular flexibility index (Phi) is 6.35. The molecule has 11 heteroatoms. The zero-order chi connectivity index (χ0) is 21.0. The van der Waals surface area contributed by atoms with Gasteiger partial charge in [-0.1, -0.05) is 22.9 Å². The highest BCUT2D eigenvalue weighted by Gasteiger charge is 2.20. The zero-order valence-electron chi connectivity index (χ0n) is 15.8. The van der Waals surface area contributed by atoms with Crippen LogP contribution in [0.4, 0.5) is 5.13 Å². The summed E-state index contributed by atoms with van der Waals surface area (Å²) in [6, 6.07) is 3.37. The maximum atomic E-state index is 12.9. The summed E-state index contributed by atoms with van der Waals surface area (Å²) in [6.07, 6.45) is 2.94. The van der Waals surface area contributed by atoms with E-state index >= 15 is 0 Å². The normalized spacial score (nSPS) is 10.5. The number of ether oxygens (including phenoxy) is 1. The van der Waals surface area contributed by atoms with Crippen LogP contribution in [-0.4, -0.2) is 45.6 Å². The van der Waals surface area contributed by atoms with Gasteiger partial charge in [-0.2, -0.15) is 0 Å². The quantitative estimate of drug-likeness (QED) is 0.574. The SMILES string of the molecule is CCNC(=O)c1nnc(NC(=O)c2cnc(C)cc2-c2cc(Cl)ncc2OC)s1. The summed E-state index contributed by atoms with van der Waals surface area (Å²) in [5.41, 5.74) is 2.17. The van der Waals surface area contributed by atoms with Crippen molar-refractivity contribution in [2.45, 2.75) is 13.8 Å². The molecule has 0 saturated carbocycles. The van der Waals surface area contributed by atoms with Crippen LogP contribution >= 0.6 is 22.9 Å². The van der Waals surface area contributed by atoms with Gasteiger partial charge in [-0.15, -0.1) is 10.2 Å². The number of hydrogen-bond donors (Lipinski definition) is 2. The molecule has 3 aromatic rings. The highest BCUT2D eigenvalue weighted by atomic mass is 35.5. The number of pyridine rings is 2. The van der Waals surface area contributed by atoms with Crippen LogP contribution in [0.3, 0.4) is 0 Å². The van der Waals surface area contributed by atoms with Crippen molar-refractivity contribution in [3.63, 3.8) is 0 Å². The molecule has 3 heterocycles. The molecular formula is C18H17ClN6O3S. The van der Waals surface area contributed by atoms with Gasteiger partial charge in [0.15, 0.2) is 0 Å². The van der Waals surface area contributed by atoms with Crippen LogP contribution in [0.1, 0.15) is 32.8 Å².